The van der Waals surface area contributed by atoms with Crippen molar-refractivity contribution < 1.29 is 0 Å². The monoisotopic (exact) mass is 347 g/mol. The standard InChI is InChI=1S/C21H18ClN3/c22-17-5-3-4-16(12-17)14-25-20-7-2-1-6-19(20)24-21(25)13-15-8-10-18(23)11-9-15/h1-12H,13-14,23H2. The number of aromatic nitrogens is 2. The van der Waals surface area contributed by atoms with E-state index in [-0.39, 0.29) is 0 Å². The Hall–Kier alpha value is -2.78. The van der Waals surface area contributed by atoms with Crippen LogP contribution in [0.2, 0.25) is 5.02 Å². The maximum Gasteiger partial charge on any atom is 0.114 e. The van der Waals surface area contributed by atoms with E-state index in [4.69, 9.17) is 22.3 Å². The number of rotatable bonds is 4. The Bertz CT molecular complexity index is 1020. The number of hydrogen-bond donors (Lipinski definition) is 1. The number of hydrogen-bond acceptors (Lipinski definition) is 2. The smallest absolute Gasteiger partial charge is 0.114 e. The fourth-order valence-electron chi connectivity index (χ4n) is 3.07. The zero-order valence-corrected chi connectivity index (χ0v) is 14.4. The van der Waals surface area contributed by atoms with Gasteiger partial charge in [0.05, 0.1) is 11.0 Å². The number of imidazole rings is 1. The summed E-state index contributed by atoms with van der Waals surface area (Å²) in [5, 5.41) is 0.752. The van der Waals surface area contributed by atoms with Crippen molar-refractivity contribution >= 4 is 28.3 Å². The van der Waals surface area contributed by atoms with Gasteiger partial charge >= 0.3 is 0 Å². The number of nitrogens with zero attached hydrogens (tertiary/aromatic N) is 2. The Labute approximate surface area is 151 Å². The van der Waals surface area contributed by atoms with Crippen LogP contribution in [0.3, 0.4) is 0 Å². The highest BCUT2D eigenvalue weighted by molar-refractivity contribution is 6.30. The number of nitrogen functional groups attached to an aromatic ring is 1. The topological polar surface area (TPSA) is 43.8 Å². The van der Waals surface area contributed by atoms with Gasteiger partial charge in [-0.1, -0.05) is 48.0 Å². The van der Waals surface area contributed by atoms with Gasteiger partial charge < -0.3 is 10.3 Å². The molecule has 124 valence electrons. The lowest BCUT2D eigenvalue weighted by atomic mass is 10.1. The number of anilines is 1. The zero-order chi connectivity index (χ0) is 17.2. The van der Waals surface area contributed by atoms with Crippen LogP contribution in [0.1, 0.15) is 17.0 Å². The largest absolute Gasteiger partial charge is 0.399 e. The molecule has 0 spiro atoms. The van der Waals surface area contributed by atoms with E-state index in [1.165, 1.54) is 5.56 Å². The van der Waals surface area contributed by atoms with E-state index >= 15 is 0 Å². The fraction of sp³-hybridized carbons (Fsp3) is 0.0952. The molecule has 0 saturated carbocycles. The summed E-state index contributed by atoms with van der Waals surface area (Å²) in [6.07, 6.45) is 0.759. The van der Waals surface area contributed by atoms with Crippen molar-refractivity contribution in [2.75, 3.05) is 5.73 Å². The van der Waals surface area contributed by atoms with E-state index < -0.39 is 0 Å². The van der Waals surface area contributed by atoms with Crippen LogP contribution >= 0.6 is 11.6 Å². The molecule has 3 nitrogen and oxygen atoms in total. The predicted molar refractivity (Wildman–Crippen MR) is 104 cm³/mol. The predicted octanol–water partition coefficient (Wildman–Crippen LogP) is 4.91. The van der Waals surface area contributed by atoms with E-state index in [1.807, 2.05) is 42.5 Å². The summed E-state index contributed by atoms with van der Waals surface area (Å²) in [5.41, 5.74) is 11.1. The molecule has 1 heterocycles. The highest BCUT2D eigenvalue weighted by Gasteiger charge is 2.11. The first kappa shape index (κ1) is 15.7. The van der Waals surface area contributed by atoms with Gasteiger partial charge in [0.15, 0.2) is 0 Å². The second-order valence-corrected chi connectivity index (χ2v) is 6.59. The number of halogens is 1. The summed E-state index contributed by atoms with van der Waals surface area (Å²) in [4.78, 5) is 4.85. The minimum atomic E-state index is 0.741. The van der Waals surface area contributed by atoms with Gasteiger partial charge in [0, 0.05) is 23.7 Å². The molecular formula is C21H18ClN3. The van der Waals surface area contributed by atoms with Crippen LogP contribution in [0.4, 0.5) is 5.69 Å². The van der Waals surface area contributed by atoms with Gasteiger partial charge in [-0.2, -0.15) is 0 Å². The third-order valence-corrected chi connectivity index (χ3v) is 4.54. The summed E-state index contributed by atoms with van der Waals surface area (Å²) >= 11 is 6.15. The number of benzene rings is 3. The van der Waals surface area contributed by atoms with E-state index in [2.05, 4.69) is 34.9 Å². The average Bonchev–Trinajstić information content (AvgIpc) is 2.94. The lowest BCUT2D eigenvalue weighted by molar-refractivity contribution is 0.762. The SMILES string of the molecule is Nc1ccc(Cc2nc3ccccc3n2Cc2cccc(Cl)c2)cc1. The van der Waals surface area contributed by atoms with Gasteiger partial charge in [0.25, 0.3) is 0 Å². The van der Waals surface area contributed by atoms with Crippen molar-refractivity contribution in [1.82, 2.24) is 9.55 Å². The van der Waals surface area contributed by atoms with Crippen molar-refractivity contribution in [3.63, 3.8) is 0 Å². The molecule has 0 saturated heterocycles. The molecule has 4 heteroatoms. The Morgan fingerprint density at radius 3 is 2.48 bits per heavy atom. The Morgan fingerprint density at radius 1 is 0.880 bits per heavy atom. The first-order valence-corrected chi connectivity index (χ1v) is 8.60. The molecule has 1 aromatic heterocycles. The van der Waals surface area contributed by atoms with Crippen LogP contribution in [-0.2, 0) is 13.0 Å². The first-order valence-electron chi connectivity index (χ1n) is 8.22. The van der Waals surface area contributed by atoms with Gasteiger partial charge in [-0.15, -0.1) is 0 Å². The molecule has 2 N–H and O–H groups in total. The van der Waals surface area contributed by atoms with Crippen LogP contribution in [-0.4, -0.2) is 9.55 Å². The third-order valence-electron chi connectivity index (χ3n) is 4.31. The van der Waals surface area contributed by atoms with Crippen molar-refractivity contribution in [3.8, 4) is 0 Å². The van der Waals surface area contributed by atoms with Crippen molar-refractivity contribution in [3.05, 3.63) is 94.8 Å². The van der Waals surface area contributed by atoms with Gasteiger partial charge in [-0.05, 0) is 47.5 Å². The molecule has 4 rings (SSSR count). The highest BCUT2D eigenvalue weighted by atomic mass is 35.5. The normalized spacial score (nSPS) is 11.1. The Balaban J connectivity index is 1.76. The van der Waals surface area contributed by atoms with Gasteiger partial charge in [-0.3, -0.25) is 0 Å². The summed E-state index contributed by atoms with van der Waals surface area (Å²) in [5.74, 6) is 1.03. The van der Waals surface area contributed by atoms with Crippen LogP contribution in [0.25, 0.3) is 11.0 Å². The lowest BCUT2D eigenvalue weighted by Crippen LogP contribution is -2.06. The molecule has 3 aromatic carbocycles. The molecule has 4 aromatic rings. The molecule has 0 bridgehead atoms. The number of nitrogens with two attached hydrogens (primary N) is 1. The fourth-order valence-corrected chi connectivity index (χ4v) is 3.29. The van der Waals surface area contributed by atoms with E-state index in [1.54, 1.807) is 0 Å². The summed E-state index contributed by atoms with van der Waals surface area (Å²) in [6, 6.07) is 24.2. The van der Waals surface area contributed by atoms with Gasteiger partial charge in [-0.25, -0.2) is 4.98 Å². The maximum absolute atomic E-state index is 6.15. The maximum atomic E-state index is 6.15. The molecular weight excluding hydrogens is 330 g/mol. The summed E-state index contributed by atoms with van der Waals surface area (Å²) in [6.45, 7) is 0.741. The highest BCUT2D eigenvalue weighted by Crippen LogP contribution is 2.21. The molecule has 0 aliphatic rings. The molecule has 25 heavy (non-hydrogen) atoms. The number of para-hydroxylation sites is 2. The molecule has 0 unspecified atom stereocenters. The van der Waals surface area contributed by atoms with E-state index in [0.29, 0.717) is 0 Å². The first-order chi connectivity index (χ1) is 12.2. The second-order valence-electron chi connectivity index (χ2n) is 6.15. The van der Waals surface area contributed by atoms with Crippen LogP contribution < -0.4 is 5.73 Å². The van der Waals surface area contributed by atoms with Crippen molar-refractivity contribution in [2.24, 2.45) is 0 Å². The molecule has 0 radical (unpaired) electrons. The zero-order valence-electron chi connectivity index (χ0n) is 13.7. The summed E-state index contributed by atoms with van der Waals surface area (Å²) in [7, 11) is 0. The second kappa shape index (κ2) is 6.61. The lowest BCUT2D eigenvalue weighted by Gasteiger charge is -2.10. The molecule has 0 atom stereocenters. The molecule has 0 aliphatic carbocycles. The Morgan fingerprint density at radius 2 is 1.68 bits per heavy atom. The quantitative estimate of drug-likeness (QED) is 0.533. The van der Waals surface area contributed by atoms with Crippen LogP contribution in [0, 0.1) is 0 Å². The van der Waals surface area contributed by atoms with Crippen molar-refractivity contribution in [2.45, 2.75) is 13.0 Å². The van der Waals surface area contributed by atoms with Gasteiger partial charge in [0.2, 0.25) is 0 Å². The molecule has 0 amide bonds. The van der Waals surface area contributed by atoms with Crippen LogP contribution in [0.5, 0.6) is 0 Å². The average molecular weight is 348 g/mol. The third kappa shape index (κ3) is 3.37. The number of fused-ring (bicyclic) bond motifs is 1. The molecule has 0 aliphatic heterocycles. The van der Waals surface area contributed by atoms with Gasteiger partial charge in [0.1, 0.15) is 5.82 Å². The Kier molecular flexibility index (Phi) is 4.16. The molecule has 0 fully saturated rings. The van der Waals surface area contributed by atoms with Crippen molar-refractivity contribution in [1.29, 1.82) is 0 Å². The summed E-state index contributed by atoms with van der Waals surface area (Å²) < 4.78 is 2.26. The van der Waals surface area contributed by atoms with E-state index in [9.17, 15) is 0 Å². The van der Waals surface area contributed by atoms with E-state index in [0.717, 1.165) is 46.1 Å². The minimum absolute atomic E-state index is 0.741. The minimum Gasteiger partial charge on any atom is -0.399 e. The van der Waals surface area contributed by atoms with Crippen LogP contribution in [0.15, 0.2) is 72.8 Å².